The molecule has 0 aromatic carbocycles. The van der Waals surface area contributed by atoms with Crippen molar-refractivity contribution in [1.29, 1.82) is 0 Å². The summed E-state index contributed by atoms with van der Waals surface area (Å²) >= 11 is 0. The molecular formula is C13H24N2O4. The van der Waals surface area contributed by atoms with E-state index in [1.165, 1.54) is 7.11 Å². The number of rotatable bonds is 5. The van der Waals surface area contributed by atoms with Gasteiger partial charge in [-0.2, -0.15) is 0 Å². The van der Waals surface area contributed by atoms with Crippen LogP contribution in [0, 0.1) is 0 Å². The summed E-state index contributed by atoms with van der Waals surface area (Å²) in [5.41, 5.74) is 0. The maximum absolute atomic E-state index is 11.5. The molecule has 1 amide bonds. The molecule has 0 bridgehead atoms. The van der Waals surface area contributed by atoms with Gasteiger partial charge in [0.15, 0.2) is 0 Å². The molecule has 0 radical (unpaired) electrons. The van der Waals surface area contributed by atoms with E-state index in [2.05, 4.69) is 10.1 Å². The fraction of sp³-hybridized carbons (Fsp3) is 0.846. The number of likely N-dealkylation sites (tertiary alicyclic amines) is 1. The topological polar surface area (TPSA) is 67.9 Å². The van der Waals surface area contributed by atoms with Gasteiger partial charge in [0.25, 0.3) is 0 Å². The van der Waals surface area contributed by atoms with Crippen LogP contribution in [0.2, 0.25) is 0 Å². The highest BCUT2D eigenvalue weighted by molar-refractivity contribution is 5.69. The SMILES string of the molecule is CCOC(=O)N1CCC(NC(C)CC(=O)OC)CC1. The molecule has 1 rings (SSSR count). The molecule has 1 atom stereocenters. The number of piperidine rings is 1. The van der Waals surface area contributed by atoms with Gasteiger partial charge in [0, 0.05) is 25.2 Å². The van der Waals surface area contributed by atoms with Gasteiger partial charge in [0.05, 0.1) is 20.1 Å². The first kappa shape index (κ1) is 15.8. The molecule has 0 aromatic heterocycles. The van der Waals surface area contributed by atoms with Crippen LogP contribution in [0.5, 0.6) is 0 Å². The van der Waals surface area contributed by atoms with Crippen molar-refractivity contribution in [2.45, 2.75) is 45.2 Å². The number of carbonyl (C=O) groups is 2. The van der Waals surface area contributed by atoms with Gasteiger partial charge < -0.3 is 19.7 Å². The molecule has 0 saturated carbocycles. The van der Waals surface area contributed by atoms with Crippen molar-refractivity contribution < 1.29 is 19.1 Å². The van der Waals surface area contributed by atoms with E-state index in [1.54, 1.807) is 11.8 Å². The normalized spacial score (nSPS) is 17.9. The predicted molar refractivity (Wildman–Crippen MR) is 70.8 cm³/mol. The quantitative estimate of drug-likeness (QED) is 0.760. The number of amides is 1. The maximum atomic E-state index is 11.5. The molecule has 1 saturated heterocycles. The van der Waals surface area contributed by atoms with Crippen molar-refractivity contribution in [2.75, 3.05) is 26.8 Å². The van der Waals surface area contributed by atoms with E-state index >= 15 is 0 Å². The van der Waals surface area contributed by atoms with Crippen LogP contribution in [0.25, 0.3) is 0 Å². The molecule has 110 valence electrons. The highest BCUT2D eigenvalue weighted by Crippen LogP contribution is 2.12. The van der Waals surface area contributed by atoms with E-state index in [4.69, 9.17) is 4.74 Å². The average molecular weight is 272 g/mol. The number of hydrogen-bond donors (Lipinski definition) is 1. The van der Waals surface area contributed by atoms with Crippen molar-refractivity contribution in [3.63, 3.8) is 0 Å². The summed E-state index contributed by atoms with van der Waals surface area (Å²) in [6.45, 7) is 5.57. The first-order valence-corrected chi connectivity index (χ1v) is 6.81. The Kier molecular flexibility index (Phi) is 6.62. The molecule has 19 heavy (non-hydrogen) atoms. The molecule has 1 heterocycles. The van der Waals surface area contributed by atoms with E-state index in [9.17, 15) is 9.59 Å². The zero-order valence-corrected chi connectivity index (χ0v) is 12.0. The Morgan fingerprint density at radius 3 is 2.53 bits per heavy atom. The summed E-state index contributed by atoms with van der Waals surface area (Å²) in [5, 5.41) is 3.40. The van der Waals surface area contributed by atoms with E-state index in [0.717, 1.165) is 12.8 Å². The molecule has 0 aliphatic carbocycles. The lowest BCUT2D eigenvalue weighted by atomic mass is 10.0. The van der Waals surface area contributed by atoms with Crippen LogP contribution < -0.4 is 5.32 Å². The second-order valence-corrected chi connectivity index (χ2v) is 4.81. The molecule has 0 aromatic rings. The van der Waals surface area contributed by atoms with Crippen LogP contribution in [-0.2, 0) is 14.3 Å². The number of methoxy groups -OCH3 is 1. The largest absolute Gasteiger partial charge is 0.469 e. The molecule has 1 fully saturated rings. The number of nitrogens with zero attached hydrogens (tertiary/aromatic N) is 1. The van der Waals surface area contributed by atoms with E-state index < -0.39 is 0 Å². The van der Waals surface area contributed by atoms with Crippen LogP contribution in [0.15, 0.2) is 0 Å². The average Bonchev–Trinajstić information content (AvgIpc) is 2.39. The van der Waals surface area contributed by atoms with E-state index in [0.29, 0.717) is 32.2 Å². The third kappa shape index (κ3) is 5.46. The Morgan fingerprint density at radius 1 is 1.37 bits per heavy atom. The number of nitrogens with one attached hydrogen (secondary N) is 1. The zero-order chi connectivity index (χ0) is 14.3. The minimum Gasteiger partial charge on any atom is -0.469 e. The van der Waals surface area contributed by atoms with Crippen molar-refractivity contribution in [3.05, 3.63) is 0 Å². The lowest BCUT2D eigenvalue weighted by molar-refractivity contribution is -0.141. The van der Waals surface area contributed by atoms with E-state index in [1.807, 2.05) is 6.92 Å². The summed E-state index contributed by atoms with van der Waals surface area (Å²) in [4.78, 5) is 24.4. The van der Waals surface area contributed by atoms with Crippen LogP contribution in [0.3, 0.4) is 0 Å². The number of carbonyl (C=O) groups excluding carboxylic acids is 2. The Morgan fingerprint density at radius 2 is 2.00 bits per heavy atom. The van der Waals surface area contributed by atoms with Crippen LogP contribution in [0.4, 0.5) is 4.79 Å². The third-order valence-corrected chi connectivity index (χ3v) is 3.24. The minimum atomic E-state index is -0.233. The molecule has 1 aliphatic heterocycles. The van der Waals surface area contributed by atoms with Crippen molar-refractivity contribution in [3.8, 4) is 0 Å². The summed E-state index contributed by atoms with van der Waals surface area (Å²) in [7, 11) is 1.40. The first-order chi connectivity index (χ1) is 9.06. The lowest BCUT2D eigenvalue weighted by Gasteiger charge is -2.33. The van der Waals surface area contributed by atoms with Gasteiger partial charge in [-0.05, 0) is 26.7 Å². The number of ether oxygens (including phenoxy) is 2. The van der Waals surface area contributed by atoms with E-state index in [-0.39, 0.29) is 18.1 Å². The van der Waals surface area contributed by atoms with Gasteiger partial charge >= 0.3 is 12.1 Å². The van der Waals surface area contributed by atoms with Gasteiger partial charge in [0.2, 0.25) is 0 Å². The highest BCUT2D eigenvalue weighted by Gasteiger charge is 2.24. The van der Waals surface area contributed by atoms with Gasteiger partial charge in [-0.1, -0.05) is 0 Å². The van der Waals surface area contributed by atoms with Crippen molar-refractivity contribution in [2.24, 2.45) is 0 Å². The van der Waals surface area contributed by atoms with Crippen LogP contribution in [-0.4, -0.2) is 55.9 Å². The summed E-state index contributed by atoms with van der Waals surface area (Å²) in [6, 6.07) is 0.428. The fourth-order valence-electron chi connectivity index (χ4n) is 2.24. The standard InChI is InChI=1S/C13H24N2O4/c1-4-19-13(17)15-7-5-11(6-8-15)14-10(2)9-12(16)18-3/h10-11,14H,4-9H2,1-3H3. The Hall–Kier alpha value is -1.30. The number of hydrogen-bond acceptors (Lipinski definition) is 5. The number of esters is 1. The zero-order valence-electron chi connectivity index (χ0n) is 12.0. The Bertz CT molecular complexity index is 301. The summed E-state index contributed by atoms with van der Waals surface area (Å²) < 4.78 is 9.61. The monoisotopic (exact) mass is 272 g/mol. The fourth-order valence-corrected chi connectivity index (χ4v) is 2.24. The van der Waals surface area contributed by atoms with Gasteiger partial charge in [-0.25, -0.2) is 4.79 Å². The smallest absolute Gasteiger partial charge is 0.409 e. The summed E-state index contributed by atoms with van der Waals surface area (Å²) in [5.74, 6) is -0.205. The lowest BCUT2D eigenvalue weighted by Crippen LogP contribution is -2.47. The van der Waals surface area contributed by atoms with Crippen molar-refractivity contribution in [1.82, 2.24) is 10.2 Å². The van der Waals surface area contributed by atoms with Crippen molar-refractivity contribution >= 4 is 12.1 Å². The first-order valence-electron chi connectivity index (χ1n) is 6.81. The minimum absolute atomic E-state index is 0.0894. The highest BCUT2D eigenvalue weighted by atomic mass is 16.6. The molecule has 0 spiro atoms. The Balaban J connectivity index is 2.26. The second-order valence-electron chi connectivity index (χ2n) is 4.81. The molecule has 1 N–H and O–H groups in total. The summed E-state index contributed by atoms with van der Waals surface area (Å²) in [6.07, 6.45) is 1.90. The second kappa shape index (κ2) is 7.99. The van der Waals surface area contributed by atoms with Gasteiger partial charge in [-0.3, -0.25) is 4.79 Å². The van der Waals surface area contributed by atoms with Crippen LogP contribution >= 0.6 is 0 Å². The predicted octanol–water partition coefficient (Wildman–Crippen LogP) is 1.15. The molecule has 1 aliphatic rings. The van der Waals surface area contributed by atoms with Gasteiger partial charge in [-0.15, -0.1) is 0 Å². The molecule has 6 nitrogen and oxygen atoms in total. The molecular weight excluding hydrogens is 248 g/mol. The molecule has 1 unspecified atom stereocenters. The van der Waals surface area contributed by atoms with Gasteiger partial charge in [0.1, 0.15) is 0 Å². The third-order valence-electron chi connectivity index (χ3n) is 3.24. The maximum Gasteiger partial charge on any atom is 0.409 e. The Labute approximate surface area is 114 Å². The van der Waals surface area contributed by atoms with Crippen LogP contribution in [0.1, 0.15) is 33.1 Å². The molecule has 6 heteroatoms.